The van der Waals surface area contributed by atoms with Gasteiger partial charge in [-0.2, -0.15) is 0 Å². The Morgan fingerprint density at radius 1 is 1.00 bits per heavy atom. The molecule has 30 heavy (non-hydrogen) atoms. The number of imidazole rings is 1. The van der Waals surface area contributed by atoms with Crippen LogP contribution in [0.25, 0.3) is 22.5 Å². The molecule has 6 heteroatoms. The van der Waals surface area contributed by atoms with Crippen LogP contribution in [0.15, 0.2) is 84.0 Å². The number of rotatable bonds is 6. The van der Waals surface area contributed by atoms with Crippen molar-refractivity contribution in [3.63, 3.8) is 0 Å². The lowest BCUT2D eigenvalue weighted by Crippen LogP contribution is -2.14. The van der Waals surface area contributed by atoms with E-state index in [9.17, 15) is 4.79 Å². The predicted molar refractivity (Wildman–Crippen MR) is 125 cm³/mol. The van der Waals surface area contributed by atoms with Crippen molar-refractivity contribution >= 4 is 35.0 Å². The summed E-state index contributed by atoms with van der Waals surface area (Å²) in [7, 11) is 0. The second kappa shape index (κ2) is 9.20. The van der Waals surface area contributed by atoms with E-state index in [0.29, 0.717) is 10.2 Å². The molecule has 4 aromatic rings. The van der Waals surface area contributed by atoms with Gasteiger partial charge in [0.25, 0.3) is 0 Å². The number of aromatic nitrogens is 2. The summed E-state index contributed by atoms with van der Waals surface area (Å²) in [5.74, 6) is 0.131. The zero-order valence-corrected chi connectivity index (χ0v) is 17.9. The second-order valence-electron chi connectivity index (χ2n) is 6.79. The summed E-state index contributed by atoms with van der Waals surface area (Å²) in [5, 5.41) is 4.21. The Morgan fingerprint density at radius 2 is 1.67 bits per heavy atom. The van der Waals surface area contributed by atoms with Gasteiger partial charge in [-0.3, -0.25) is 4.79 Å². The fourth-order valence-corrected chi connectivity index (χ4v) is 3.93. The van der Waals surface area contributed by atoms with Gasteiger partial charge >= 0.3 is 0 Å². The molecule has 0 aliphatic heterocycles. The van der Waals surface area contributed by atoms with Crippen LogP contribution in [0.1, 0.15) is 5.56 Å². The van der Waals surface area contributed by atoms with Gasteiger partial charge in [-0.1, -0.05) is 90.1 Å². The maximum absolute atomic E-state index is 12.5. The Kier molecular flexibility index (Phi) is 6.21. The first-order valence-electron chi connectivity index (χ1n) is 9.50. The molecule has 3 aromatic carbocycles. The van der Waals surface area contributed by atoms with Crippen molar-refractivity contribution in [2.75, 3.05) is 11.1 Å². The first kappa shape index (κ1) is 20.3. The minimum Gasteiger partial charge on any atom is -0.332 e. The Bertz CT molecular complexity index is 1100. The molecule has 0 aliphatic carbocycles. The summed E-state index contributed by atoms with van der Waals surface area (Å²) in [6, 6.07) is 25.6. The highest BCUT2D eigenvalue weighted by atomic mass is 35.5. The highest BCUT2D eigenvalue weighted by Gasteiger charge is 2.15. The summed E-state index contributed by atoms with van der Waals surface area (Å²) in [4.78, 5) is 20.6. The number of hydrogen-bond donors (Lipinski definition) is 2. The molecule has 0 radical (unpaired) electrons. The van der Waals surface area contributed by atoms with E-state index in [4.69, 9.17) is 16.6 Å². The van der Waals surface area contributed by atoms with Gasteiger partial charge < -0.3 is 10.3 Å². The lowest BCUT2D eigenvalue weighted by molar-refractivity contribution is -0.113. The number of thioether (sulfide) groups is 1. The molecule has 0 saturated heterocycles. The van der Waals surface area contributed by atoms with Gasteiger partial charge in [0, 0.05) is 21.8 Å². The summed E-state index contributed by atoms with van der Waals surface area (Å²) < 4.78 is 0. The molecule has 4 rings (SSSR count). The average molecular weight is 434 g/mol. The van der Waals surface area contributed by atoms with Gasteiger partial charge in [-0.15, -0.1) is 0 Å². The van der Waals surface area contributed by atoms with Gasteiger partial charge in [0.1, 0.15) is 0 Å². The van der Waals surface area contributed by atoms with Crippen molar-refractivity contribution in [2.24, 2.45) is 0 Å². The maximum atomic E-state index is 12.5. The average Bonchev–Trinajstić information content (AvgIpc) is 3.20. The molecule has 1 heterocycles. The van der Waals surface area contributed by atoms with Crippen LogP contribution in [-0.2, 0) is 4.79 Å². The smallest absolute Gasteiger partial charge is 0.234 e. The molecule has 0 fully saturated rings. The highest BCUT2D eigenvalue weighted by molar-refractivity contribution is 7.99. The van der Waals surface area contributed by atoms with Crippen LogP contribution in [0.5, 0.6) is 0 Å². The number of benzene rings is 3. The summed E-state index contributed by atoms with van der Waals surface area (Å²) in [6.45, 7) is 1.93. The molecule has 1 aromatic heterocycles. The molecular formula is C24H20ClN3OS. The molecular weight excluding hydrogens is 414 g/mol. The molecule has 0 unspecified atom stereocenters. The van der Waals surface area contributed by atoms with Crippen molar-refractivity contribution in [2.45, 2.75) is 12.1 Å². The minimum absolute atomic E-state index is 0.107. The number of nitrogens with one attached hydrogen (secondary N) is 2. The third-order valence-corrected chi connectivity index (χ3v) is 5.71. The van der Waals surface area contributed by atoms with Gasteiger partial charge in [0.15, 0.2) is 5.16 Å². The van der Waals surface area contributed by atoms with Crippen molar-refractivity contribution < 1.29 is 4.79 Å². The van der Waals surface area contributed by atoms with E-state index in [1.54, 1.807) is 12.1 Å². The number of amides is 1. The molecule has 0 atom stereocenters. The third kappa shape index (κ3) is 4.75. The van der Waals surface area contributed by atoms with Gasteiger partial charge in [0.05, 0.1) is 17.1 Å². The molecule has 0 bridgehead atoms. The van der Waals surface area contributed by atoms with E-state index in [1.165, 1.54) is 11.8 Å². The van der Waals surface area contributed by atoms with E-state index in [0.717, 1.165) is 33.8 Å². The van der Waals surface area contributed by atoms with E-state index < -0.39 is 0 Å². The monoisotopic (exact) mass is 433 g/mol. The number of aromatic amines is 1. The van der Waals surface area contributed by atoms with Gasteiger partial charge in [0.2, 0.25) is 5.91 Å². The van der Waals surface area contributed by atoms with E-state index in [-0.39, 0.29) is 11.7 Å². The zero-order chi connectivity index (χ0) is 20.9. The van der Waals surface area contributed by atoms with Gasteiger partial charge in [-0.25, -0.2) is 4.98 Å². The van der Waals surface area contributed by atoms with E-state index in [1.807, 2.05) is 73.7 Å². The topological polar surface area (TPSA) is 57.8 Å². The van der Waals surface area contributed by atoms with Crippen molar-refractivity contribution in [1.29, 1.82) is 0 Å². The number of H-pyrrole nitrogens is 1. The van der Waals surface area contributed by atoms with Crippen LogP contribution in [-0.4, -0.2) is 21.6 Å². The second-order valence-corrected chi connectivity index (χ2v) is 8.19. The van der Waals surface area contributed by atoms with E-state index >= 15 is 0 Å². The molecule has 1 amide bonds. The summed E-state index contributed by atoms with van der Waals surface area (Å²) in [5.41, 5.74) is 5.58. The van der Waals surface area contributed by atoms with Crippen LogP contribution >= 0.6 is 23.4 Å². The van der Waals surface area contributed by atoms with Crippen LogP contribution in [0.3, 0.4) is 0 Å². The Hall–Kier alpha value is -3.02. The summed E-state index contributed by atoms with van der Waals surface area (Å²) >= 11 is 7.41. The largest absolute Gasteiger partial charge is 0.332 e. The van der Waals surface area contributed by atoms with Crippen molar-refractivity contribution in [3.8, 4) is 22.5 Å². The molecule has 0 saturated carbocycles. The zero-order valence-electron chi connectivity index (χ0n) is 16.4. The molecule has 2 N–H and O–H groups in total. The van der Waals surface area contributed by atoms with Crippen LogP contribution < -0.4 is 5.32 Å². The van der Waals surface area contributed by atoms with Crippen LogP contribution in [0.4, 0.5) is 5.69 Å². The number of anilines is 1. The Labute approximate surface area is 184 Å². The lowest BCUT2D eigenvalue weighted by atomic mass is 10.1. The van der Waals surface area contributed by atoms with Crippen LogP contribution in [0, 0.1) is 6.92 Å². The Morgan fingerprint density at radius 3 is 2.37 bits per heavy atom. The predicted octanol–water partition coefficient (Wildman–Crippen LogP) is 6.44. The summed E-state index contributed by atoms with van der Waals surface area (Å²) in [6.07, 6.45) is 0. The normalized spacial score (nSPS) is 10.7. The van der Waals surface area contributed by atoms with Crippen molar-refractivity contribution in [3.05, 3.63) is 89.4 Å². The lowest BCUT2D eigenvalue weighted by Gasteiger charge is -2.08. The first-order valence-corrected chi connectivity index (χ1v) is 10.9. The van der Waals surface area contributed by atoms with Gasteiger partial charge in [-0.05, 0) is 24.6 Å². The number of hydrogen-bond acceptors (Lipinski definition) is 3. The van der Waals surface area contributed by atoms with Crippen molar-refractivity contribution in [1.82, 2.24) is 9.97 Å². The van der Waals surface area contributed by atoms with Crippen LogP contribution in [0.2, 0.25) is 5.02 Å². The number of carbonyl (C=O) groups excluding carboxylic acids is 1. The standard InChI is InChI=1S/C24H20ClN3OS/c1-16-12-13-19(25)14-20(16)26-21(29)15-30-24-27-22(17-8-4-2-5-9-17)23(28-24)18-10-6-3-7-11-18/h2-14H,15H2,1H3,(H,26,29)(H,27,28). The maximum Gasteiger partial charge on any atom is 0.234 e. The third-order valence-electron chi connectivity index (χ3n) is 4.61. The number of halogens is 1. The SMILES string of the molecule is Cc1ccc(Cl)cc1NC(=O)CSc1nc(-c2ccccc2)c(-c2ccccc2)[nH]1. The van der Waals surface area contributed by atoms with E-state index in [2.05, 4.69) is 10.3 Å². The number of nitrogens with zero attached hydrogens (tertiary/aromatic N) is 1. The number of carbonyl (C=O) groups is 1. The highest BCUT2D eigenvalue weighted by Crippen LogP contribution is 2.32. The molecule has 150 valence electrons. The Balaban J connectivity index is 1.54. The fraction of sp³-hybridized carbons (Fsp3) is 0.0833. The molecule has 0 aliphatic rings. The minimum atomic E-state index is -0.107. The number of aryl methyl sites for hydroxylation is 1. The first-order chi connectivity index (χ1) is 14.6. The fourth-order valence-electron chi connectivity index (χ4n) is 3.09. The quantitative estimate of drug-likeness (QED) is 0.344. The molecule has 0 spiro atoms. The molecule has 4 nitrogen and oxygen atoms in total.